The fourth-order valence-electron chi connectivity index (χ4n) is 2.07. The van der Waals surface area contributed by atoms with Gasteiger partial charge >= 0.3 is 5.97 Å². The molecule has 0 radical (unpaired) electrons. The fraction of sp³-hybridized carbons (Fsp3) is 0.429. The molecule has 0 saturated heterocycles. The first-order valence-corrected chi connectivity index (χ1v) is 6.28. The second-order valence-electron chi connectivity index (χ2n) is 4.74. The van der Waals surface area contributed by atoms with Crippen LogP contribution in [0.1, 0.15) is 25.8 Å². The third-order valence-electron chi connectivity index (χ3n) is 3.42. The molecule has 0 bridgehead atoms. The average Bonchev–Trinajstić information content (AvgIpc) is 2.38. The van der Waals surface area contributed by atoms with Gasteiger partial charge in [0.05, 0.1) is 0 Å². The largest absolute Gasteiger partial charge is 0.480 e. The molecule has 5 heteroatoms. The third kappa shape index (κ3) is 3.47. The van der Waals surface area contributed by atoms with E-state index >= 15 is 0 Å². The van der Waals surface area contributed by atoms with E-state index in [1.165, 1.54) is 0 Å². The maximum Gasteiger partial charge on any atom is 0.326 e. The summed E-state index contributed by atoms with van der Waals surface area (Å²) in [7, 11) is 1.75. The van der Waals surface area contributed by atoms with Crippen molar-refractivity contribution >= 4 is 17.5 Å². The highest BCUT2D eigenvalue weighted by Crippen LogP contribution is 2.22. The SMILES string of the molecule is CC[C@H](C)[C@@H](C(=O)O)N(C)c1cccc(C(=N)N)c1. The van der Waals surface area contributed by atoms with Crippen molar-refractivity contribution in [3.63, 3.8) is 0 Å². The lowest BCUT2D eigenvalue weighted by molar-refractivity contribution is -0.139. The number of hydrogen-bond acceptors (Lipinski definition) is 3. The molecule has 5 nitrogen and oxygen atoms in total. The van der Waals surface area contributed by atoms with Crippen LogP contribution < -0.4 is 10.6 Å². The predicted octanol–water partition coefficient (Wildman–Crippen LogP) is 1.91. The van der Waals surface area contributed by atoms with Crippen LogP contribution in [0, 0.1) is 11.3 Å². The van der Waals surface area contributed by atoms with Gasteiger partial charge in [-0.1, -0.05) is 32.4 Å². The number of carboxylic acids is 1. The summed E-state index contributed by atoms with van der Waals surface area (Å²) in [5.74, 6) is -0.834. The molecular formula is C14H21N3O2. The summed E-state index contributed by atoms with van der Waals surface area (Å²) in [5, 5.41) is 16.8. The van der Waals surface area contributed by atoms with Gasteiger partial charge in [-0.3, -0.25) is 5.41 Å². The molecule has 1 rings (SSSR count). The number of amidine groups is 1. The average molecular weight is 263 g/mol. The van der Waals surface area contributed by atoms with Gasteiger partial charge in [-0.25, -0.2) is 4.79 Å². The molecule has 0 aliphatic carbocycles. The maximum atomic E-state index is 11.4. The number of nitrogen functional groups attached to an aromatic ring is 1. The molecule has 0 amide bonds. The van der Waals surface area contributed by atoms with Gasteiger partial charge < -0.3 is 15.7 Å². The van der Waals surface area contributed by atoms with Crippen LogP contribution in [0.25, 0.3) is 0 Å². The van der Waals surface area contributed by atoms with Crippen LogP contribution in [0.5, 0.6) is 0 Å². The third-order valence-corrected chi connectivity index (χ3v) is 3.42. The molecule has 0 aliphatic heterocycles. The molecule has 1 aromatic rings. The Morgan fingerprint density at radius 2 is 2.16 bits per heavy atom. The van der Waals surface area contributed by atoms with Crippen LogP contribution in [0.4, 0.5) is 5.69 Å². The highest BCUT2D eigenvalue weighted by Gasteiger charge is 2.28. The van der Waals surface area contributed by atoms with Gasteiger partial charge in [0.2, 0.25) is 0 Å². The van der Waals surface area contributed by atoms with Crippen molar-refractivity contribution in [1.29, 1.82) is 5.41 Å². The van der Waals surface area contributed by atoms with Gasteiger partial charge in [0.15, 0.2) is 0 Å². The topological polar surface area (TPSA) is 90.4 Å². The molecule has 104 valence electrons. The number of hydrogen-bond donors (Lipinski definition) is 3. The molecule has 0 heterocycles. The molecule has 0 unspecified atom stereocenters. The van der Waals surface area contributed by atoms with E-state index in [9.17, 15) is 9.90 Å². The van der Waals surface area contributed by atoms with E-state index in [2.05, 4.69) is 0 Å². The Balaban J connectivity index is 3.09. The number of rotatable bonds is 6. The van der Waals surface area contributed by atoms with E-state index in [0.717, 1.165) is 12.1 Å². The lowest BCUT2D eigenvalue weighted by Crippen LogP contribution is -2.43. The zero-order chi connectivity index (χ0) is 14.6. The van der Waals surface area contributed by atoms with Gasteiger partial charge in [-0.05, 0) is 18.1 Å². The Morgan fingerprint density at radius 1 is 1.53 bits per heavy atom. The Kier molecular flexibility index (Phi) is 4.92. The minimum atomic E-state index is -0.843. The molecule has 0 fully saturated rings. The first kappa shape index (κ1) is 15.0. The number of aliphatic carboxylic acids is 1. The van der Waals surface area contributed by atoms with Crippen molar-refractivity contribution in [2.24, 2.45) is 11.7 Å². The molecule has 0 saturated carbocycles. The van der Waals surface area contributed by atoms with Crippen LogP contribution >= 0.6 is 0 Å². The van der Waals surface area contributed by atoms with Gasteiger partial charge in [0.25, 0.3) is 0 Å². The number of anilines is 1. The predicted molar refractivity (Wildman–Crippen MR) is 76.7 cm³/mol. The first-order chi connectivity index (χ1) is 8.88. The van der Waals surface area contributed by atoms with Crippen LogP contribution in [-0.2, 0) is 4.79 Å². The van der Waals surface area contributed by atoms with Crippen LogP contribution in [-0.4, -0.2) is 30.0 Å². The minimum Gasteiger partial charge on any atom is -0.480 e. The summed E-state index contributed by atoms with van der Waals surface area (Å²) < 4.78 is 0. The minimum absolute atomic E-state index is 0.0225. The first-order valence-electron chi connectivity index (χ1n) is 6.28. The molecule has 0 spiro atoms. The number of carboxylic acid groups (broad SMARTS) is 1. The summed E-state index contributed by atoms with van der Waals surface area (Å²) >= 11 is 0. The van der Waals surface area contributed by atoms with Crippen molar-refractivity contribution in [2.75, 3.05) is 11.9 Å². The molecular weight excluding hydrogens is 242 g/mol. The second-order valence-corrected chi connectivity index (χ2v) is 4.74. The zero-order valence-electron chi connectivity index (χ0n) is 11.6. The van der Waals surface area contributed by atoms with E-state index in [4.69, 9.17) is 11.1 Å². The molecule has 19 heavy (non-hydrogen) atoms. The summed E-state index contributed by atoms with van der Waals surface area (Å²) in [6.07, 6.45) is 0.785. The van der Waals surface area contributed by atoms with Gasteiger partial charge in [-0.15, -0.1) is 0 Å². The van der Waals surface area contributed by atoms with Crippen LogP contribution in [0.2, 0.25) is 0 Å². The Hall–Kier alpha value is -2.04. The Bertz CT molecular complexity index is 474. The van der Waals surface area contributed by atoms with Crippen LogP contribution in [0.15, 0.2) is 24.3 Å². The molecule has 4 N–H and O–H groups in total. The zero-order valence-corrected chi connectivity index (χ0v) is 11.6. The van der Waals surface area contributed by atoms with Crippen molar-refractivity contribution in [3.8, 4) is 0 Å². The van der Waals surface area contributed by atoms with Gasteiger partial charge in [0, 0.05) is 18.3 Å². The number of benzene rings is 1. The monoisotopic (exact) mass is 263 g/mol. The Morgan fingerprint density at radius 3 is 2.63 bits per heavy atom. The second kappa shape index (κ2) is 6.22. The highest BCUT2D eigenvalue weighted by atomic mass is 16.4. The summed E-state index contributed by atoms with van der Waals surface area (Å²) in [4.78, 5) is 13.1. The summed E-state index contributed by atoms with van der Waals surface area (Å²) in [6, 6.07) is 6.48. The number of nitrogens with zero attached hydrogens (tertiary/aromatic N) is 1. The van der Waals surface area contributed by atoms with Crippen LogP contribution in [0.3, 0.4) is 0 Å². The lowest BCUT2D eigenvalue weighted by Gasteiger charge is -2.31. The molecule has 0 aromatic heterocycles. The standard InChI is InChI=1S/C14H21N3O2/c1-4-9(2)12(14(18)19)17(3)11-7-5-6-10(8-11)13(15)16/h5-9,12H,4H2,1-3H3,(H3,15,16)(H,18,19)/t9-,12-/m0/s1. The highest BCUT2D eigenvalue weighted by molar-refractivity contribution is 5.96. The van der Waals surface area contributed by atoms with E-state index in [1.54, 1.807) is 30.1 Å². The molecule has 1 aromatic carbocycles. The van der Waals surface area contributed by atoms with E-state index in [0.29, 0.717) is 5.56 Å². The van der Waals surface area contributed by atoms with Gasteiger partial charge in [-0.2, -0.15) is 0 Å². The van der Waals surface area contributed by atoms with E-state index in [1.807, 2.05) is 19.9 Å². The molecule has 2 atom stereocenters. The van der Waals surface area contributed by atoms with Gasteiger partial charge in [0.1, 0.15) is 11.9 Å². The van der Waals surface area contributed by atoms with Crippen molar-refractivity contribution in [3.05, 3.63) is 29.8 Å². The number of carbonyl (C=O) groups is 1. The number of nitrogens with one attached hydrogen (secondary N) is 1. The normalized spacial score (nSPS) is 13.6. The smallest absolute Gasteiger partial charge is 0.326 e. The number of likely N-dealkylation sites (N-methyl/N-ethyl adjacent to an activating group) is 1. The Labute approximate surface area is 113 Å². The number of nitrogens with two attached hydrogens (primary N) is 1. The maximum absolute atomic E-state index is 11.4. The van der Waals surface area contributed by atoms with Crippen molar-refractivity contribution in [2.45, 2.75) is 26.3 Å². The lowest BCUT2D eigenvalue weighted by atomic mass is 9.97. The van der Waals surface area contributed by atoms with Crippen molar-refractivity contribution in [1.82, 2.24) is 0 Å². The molecule has 0 aliphatic rings. The van der Waals surface area contributed by atoms with Crippen molar-refractivity contribution < 1.29 is 9.90 Å². The van der Waals surface area contributed by atoms with E-state index < -0.39 is 12.0 Å². The summed E-state index contributed by atoms with van der Waals surface area (Å²) in [5.41, 5.74) is 6.80. The van der Waals surface area contributed by atoms with E-state index in [-0.39, 0.29) is 11.8 Å². The fourth-order valence-corrected chi connectivity index (χ4v) is 2.07. The quantitative estimate of drug-likeness (QED) is 0.540. The summed E-state index contributed by atoms with van der Waals surface area (Å²) in [6.45, 7) is 3.89.